The lowest BCUT2D eigenvalue weighted by Crippen LogP contribution is -2.12. The molecule has 0 radical (unpaired) electrons. The number of hydrogen-bond donors (Lipinski definition) is 1. The Bertz CT molecular complexity index is 494. The summed E-state index contributed by atoms with van der Waals surface area (Å²) in [6.07, 6.45) is 3.19. The van der Waals surface area contributed by atoms with Crippen molar-refractivity contribution in [1.82, 2.24) is 4.98 Å². The second-order valence-electron chi connectivity index (χ2n) is 3.76. The smallest absolute Gasteiger partial charge is 0.224 e. The Labute approximate surface area is 115 Å². The van der Waals surface area contributed by atoms with Crippen LogP contribution in [0.5, 0.6) is 0 Å². The standard InChI is InChI=1S/C13H14N2OS2/c1-17-12-5-2-10(3-6-12)15-13(16)7-4-11-8-18-9-14-11/h2-3,5-6,8-9H,4,7H2,1H3,(H,15,16). The highest BCUT2D eigenvalue weighted by Gasteiger charge is 2.04. The normalized spacial score (nSPS) is 10.3. The molecule has 0 fully saturated rings. The van der Waals surface area contributed by atoms with Crippen molar-refractivity contribution < 1.29 is 4.79 Å². The monoisotopic (exact) mass is 278 g/mol. The molecule has 1 aromatic carbocycles. The van der Waals surface area contributed by atoms with Crippen molar-refractivity contribution in [3.05, 3.63) is 40.8 Å². The molecule has 1 heterocycles. The largest absolute Gasteiger partial charge is 0.326 e. The molecule has 18 heavy (non-hydrogen) atoms. The Morgan fingerprint density at radius 1 is 1.39 bits per heavy atom. The van der Waals surface area contributed by atoms with Gasteiger partial charge in [-0.05, 0) is 36.9 Å². The Kier molecular flexibility index (Phi) is 4.78. The molecule has 0 unspecified atom stereocenters. The summed E-state index contributed by atoms with van der Waals surface area (Å²) < 4.78 is 0. The fourth-order valence-corrected chi connectivity index (χ4v) is 2.50. The van der Waals surface area contributed by atoms with Crippen LogP contribution in [0.25, 0.3) is 0 Å². The molecule has 0 bridgehead atoms. The van der Waals surface area contributed by atoms with Gasteiger partial charge in [-0.1, -0.05) is 0 Å². The molecule has 1 aromatic heterocycles. The molecule has 0 atom stereocenters. The summed E-state index contributed by atoms with van der Waals surface area (Å²) in [5, 5.41) is 4.86. The predicted octanol–water partition coefficient (Wildman–Crippen LogP) is 3.44. The quantitative estimate of drug-likeness (QED) is 0.852. The summed E-state index contributed by atoms with van der Waals surface area (Å²) >= 11 is 3.24. The molecule has 5 heteroatoms. The van der Waals surface area contributed by atoms with E-state index in [-0.39, 0.29) is 5.91 Å². The molecule has 0 saturated carbocycles. The second kappa shape index (κ2) is 6.56. The van der Waals surface area contributed by atoms with E-state index in [0.29, 0.717) is 12.8 Å². The van der Waals surface area contributed by atoms with Crippen LogP contribution in [0.2, 0.25) is 0 Å². The van der Waals surface area contributed by atoms with Gasteiger partial charge in [-0.3, -0.25) is 4.79 Å². The third-order valence-electron chi connectivity index (χ3n) is 2.47. The van der Waals surface area contributed by atoms with Crippen LogP contribution < -0.4 is 5.32 Å². The average Bonchev–Trinajstić information content (AvgIpc) is 2.90. The first-order valence-electron chi connectivity index (χ1n) is 5.59. The maximum absolute atomic E-state index is 11.7. The number of nitrogens with zero attached hydrogens (tertiary/aromatic N) is 1. The molecule has 0 aliphatic rings. The highest BCUT2D eigenvalue weighted by molar-refractivity contribution is 7.98. The van der Waals surface area contributed by atoms with Crippen molar-refractivity contribution >= 4 is 34.7 Å². The van der Waals surface area contributed by atoms with E-state index in [1.165, 1.54) is 4.90 Å². The van der Waals surface area contributed by atoms with Crippen LogP contribution in [-0.2, 0) is 11.2 Å². The topological polar surface area (TPSA) is 42.0 Å². The zero-order chi connectivity index (χ0) is 12.8. The van der Waals surface area contributed by atoms with Gasteiger partial charge < -0.3 is 5.32 Å². The number of anilines is 1. The molecule has 3 nitrogen and oxygen atoms in total. The van der Waals surface area contributed by atoms with Crippen molar-refractivity contribution in [2.75, 3.05) is 11.6 Å². The van der Waals surface area contributed by atoms with Gasteiger partial charge in [0.2, 0.25) is 5.91 Å². The highest BCUT2D eigenvalue weighted by Crippen LogP contribution is 2.17. The first-order valence-corrected chi connectivity index (χ1v) is 7.75. The number of rotatable bonds is 5. The van der Waals surface area contributed by atoms with Gasteiger partial charge in [0.15, 0.2) is 0 Å². The zero-order valence-corrected chi connectivity index (χ0v) is 11.7. The molecule has 94 valence electrons. The van der Waals surface area contributed by atoms with E-state index in [0.717, 1.165) is 11.4 Å². The average molecular weight is 278 g/mol. The van der Waals surface area contributed by atoms with E-state index in [1.807, 2.05) is 35.9 Å². The second-order valence-corrected chi connectivity index (χ2v) is 5.35. The number of carbonyl (C=O) groups excluding carboxylic acids is 1. The van der Waals surface area contributed by atoms with E-state index >= 15 is 0 Å². The van der Waals surface area contributed by atoms with Crippen LogP contribution in [0, 0.1) is 0 Å². The fraction of sp³-hybridized carbons (Fsp3) is 0.231. The lowest BCUT2D eigenvalue weighted by atomic mass is 10.2. The van der Waals surface area contributed by atoms with Crippen LogP contribution in [0.4, 0.5) is 5.69 Å². The van der Waals surface area contributed by atoms with Crippen LogP contribution in [-0.4, -0.2) is 17.1 Å². The van der Waals surface area contributed by atoms with Crippen LogP contribution in [0.3, 0.4) is 0 Å². The Balaban J connectivity index is 1.83. The van der Waals surface area contributed by atoms with Crippen molar-refractivity contribution in [3.63, 3.8) is 0 Å². The van der Waals surface area contributed by atoms with Gasteiger partial charge in [0, 0.05) is 22.4 Å². The Morgan fingerprint density at radius 3 is 2.78 bits per heavy atom. The van der Waals surface area contributed by atoms with E-state index in [2.05, 4.69) is 10.3 Å². The zero-order valence-electron chi connectivity index (χ0n) is 10.1. The molecule has 0 spiro atoms. The highest BCUT2D eigenvalue weighted by atomic mass is 32.2. The van der Waals surface area contributed by atoms with Crippen molar-refractivity contribution in [1.29, 1.82) is 0 Å². The summed E-state index contributed by atoms with van der Waals surface area (Å²) in [6, 6.07) is 7.85. The Hall–Kier alpha value is -1.33. The summed E-state index contributed by atoms with van der Waals surface area (Å²) in [5.41, 5.74) is 3.61. The molecular weight excluding hydrogens is 264 g/mol. The molecular formula is C13H14N2OS2. The summed E-state index contributed by atoms with van der Waals surface area (Å²) in [6.45, 7) is 0. The number of thioether (sulfide) groups is 1. The molecule has 1 amide bonds. The lowest BCUT2D eigenvalue weighted by Gasteiger charge is -2.05. The van der Waals surface area contributed by atoms with Gasteiger partial charge in [-0.25, -0.2) is 4.98 Å². The van der Waals surface area contributed by atoms with Gasteiger partial charge in [-0.2, -0.15) is 0 Å². The van der Waals surface area contributed by atoms with Gasteiger partial charge >= 0.3 is 0 Å². The van der Waals surface area contributed by atoms with E-state index < -0.39 is 0 Å². The molecule has 2 aromatic rings. The van der Waals surface area contributed by atoms with Crippen molar-refractivity contribution in [2.24, 2.45) is 0 Å². The molecule has 1 N–H and O–H groups in total. The van der Waals surface area contributed by atoms with Gasteiger partial charge in [0.1, 0.15) is 0 Å². The lowest BCUT2D eigenvalue weighted by molar-refractivity contribution is -0.116. The number of benzene rings is 1. The van der Waals surface area contributed by atoms with E-state index in [4.69, 9.17) is 0 Å². The Morgan fingerprint density at radius 2 is 2.17 bits per heavy atom. The first kappa shape index (κ1) is 13.1. The minimum atomic E-state index is 0.0277. The fourth-order valence-electron chi connectivity index (χ4n) is 1.50. The van der Waals surface area contributed by atoms with Crippen LogP contribution in [0.15, 0.2) is 40.1 Å². The number of carbonyl (C=O) groups is 1. The first-order chi connectivity index (χ1) is 8.78. The summed E-state index contributed by atoms with van der Waals surface area (Å²) in [7, 11) is 0. The van der Waals surface area contributed by atoms with Crippen LogP contribution in [0.1, 0.15) is 12.1 Å². The number of nitrogens with one attached hydrogen (secondary N) is 1. The number of thiazole rings is 1. The predicted molar refractivity (Wildman–Crippen MR) is 77.3 cm³/mol. The number of amides is 1. The van der Waals surface area contributed by atoms with Crippen LogP contribution >= 0.6 is 23.1 Å². The molecule has 0 aliphatic carbocycles. The third-order valence-corrected chi connectivity index (χ3v) is 3.84. The third kappa shape index (κ3) is 3.85. The number of aromatic nitrogens is 1. The SMILES string of the molecule is CSc1ccc(NC(=O)CCc2cscn2)cc1. The maximum atomic E-state index is 11.7. The minimum absolute atomic E-state index is 0.0277. The summed E-state index contributed by atoms with van der Waals surface area (Å²) in [5.74, 6) is 0.0277. The number of hydrogen-bond acceptors (Lipinski definition) is 4. The van der Waals surface area contributed by atoms with E-state index in [9.17, 15) is 4.79 Å². The molecule has 2 rings (SSSR count). The van der Waals surface area contributed by atoms with Gasteiger partial charge in [-0.15, -0.1) is 23.1 Å². The van der Waals surface area contributed by atoms with Crippen molar-refractivity contribution in [2.45, 2.75) is 17.7 Å². The van der Waals surface area contributed by atoms with Gasteiger partial charge in [0.05, 0.1) is 11.2 Å². The molecule has 0 aliphatic heterocycles. The maximum Gasteiger partial charge on any atom is 0.224 e. The summed E-state index contributed by atoms with van der Waals surface area (Å²) in [4.78, 5) is 17.1. The molecule has 0 saturated heterocycles. The minimum Gasteiger partial charge on any atom is -0.326 e. The number of aryl methyl sites for hydroxylation is 1. The van der Waals surface area contributed by atoms with Gasteiger partial charge in [0.25, 0.3) is 0 Å². The van der Waals surface area contributed by atoms with E-state index in [1.54, 1.807) is 28.6 Å². The van der Waals surface area contributed by atoms with Crippen molar-refractivity contribution in [3.8, 4) is 0 Å².